The van der Waals surface area contributed by atoms with Crippen LogP contribution in [0.25, 0.3) is 0 Å². The Labute approximate surface area is 82.0 Å². The summed E-state index contributed by atoms with van der Waals surface area (Å²) in [6, 6.07) is 9.22. The summed E-state index contributed by atoms with van der Waals surface area (Å²) in [5, 5.41) is 9.60. The Balaban J connectivity index is 2.59. The summed E-state index contributed by atoms with van der Waals surface area (Å²) in [4.78, 5) is 11.0. The number of rotatable bonds is 3. The Morgan fingerprint density at radius 1 is 1.46 bits per heavy atom. The molecule has 0 amide bonds. The Bertz CT molecular complexity index is 272. The van der Waals surface area contributed by atoms with Crippen LogP contribution in [0.5, 0.6) is 0 Å². The van der Waals surface area contributed by atoms with Crippen LogP contribution in [0.2, 0.25) is 0 Å². The lowest BCUT2D eigenvalue weighted by atomic mass is 10.1. The van der Waals surface area contributed by atoms with Crippen LogP contribution in [0.15, 0.2) is 30.3 Å². The zero-order valence-corrected chi connectivity index (χ0v) is 8.25. The van der Waals surface area contributed by atoms with Gasteiger partial charge in [0, 0.05) is 6.42 Å². The zero-order valence-electron chi connectivity index (χ0n) is 7.43. The fourth-order valence-electron chi connectivity index (χ4n) is 1.03. The van der Waals surface area contributed by atoms with E-state index in [2.05, 4.69) is 0 Å². The van der Waals surface area contributed by atoms with Gasteiger partial charge in [0.15, 0.2) is 5.12 Å². The Hall–Kier alpha value is -0.800. The highest BCUT2D eigenvalue weighted by molar-refractivity contribution is 8.13. The molecule has 13 heavy (non-hydrogen) atoms. The van der Waals surface area contributed by atoms with Crippen molar-refractivity contribution in [3.63, 3.8) is 0 Å². The van der Waals surface area contributed by atoms with Gasteiger partial charge in [0.05, 0.1) is 6.10 Å². The van der Waals surface area contributed by atoms with Crippen molar-refractivity contribution in [2.24, 2.45) is 0 Å². The van der Waals surface area contributed by atoms with Crippen molar-refractivity contribution in [2.45, 2.75) is 12.5 Å². The molecule has 0 aliphatic rings. The van der Waals surface area contributed by atoms with E-state index in [9.17, 15) is 9.90 Å². The largest absolute Gasteiger partial charge is 0.388 e. The van der Waals surface area contributed by atoms with Crippen molar-refractivity contribution in [2.75, 3.05) is 6.26 Å². The number of carbonyl (C=O) groups is 1. The van der Waals surface area contributed by atoms with E-state index in [0.717, 1.165) is 17.3 Å². The number of aliphatic hydroxyl groups is 1. The SMILES string of the molecule is CSC(=O)CC(O)c1ccccc1. The lowest BCUT2D eigenvalue weighted by Gasteiger charge is -2.08. The average molecular weight is 196 g/mol. The van der Waals surface area contributed by atoms with E-state index >= 15 is 0 Å². The maximum Gasteiger partial charge on any atom is 0.191 e. The highest BCUT2D eigenvalue weighted by Gasteiger charge is 2.10. The Kier molecular flexibility index (Phi) is 3.99. The van der Waals surface area contributed by atoms with Crippen molar-refractivity contribution >= 4 is 16.9 Å². The first kappa shape index (κ1) is 10.3. The molecule has 0 aliphatic heterocycles. The third-order valence-corrected chi connectivity index (χ3v) is 2.39. The number of hydrogen-bond acceptors (Lipinski definition) is 3. The van der Waals surface area contributed by atoms with Gasteiger partial charge in [0.1, 0.15) is 0 Å². The first-order valence-electron chi connectivity index (χ1n) is 4.04. The summed E-state index contributed by atoms with van der Waals surface area (Å²) in [5.41, 5.74) is 0.796. The molecule has 1 atom stereocenters. The summed E-state index contributed by atoms with van der Waals surface area (Å²) < 4.78 is 0. The minimum atomic E-state index is -0.666. The van der Waals surface area contributed by atoms with Gasteiger partial charge in [0.2, 0.25) is 0 Å². The van der Waals surface area contributed by atoms with Gasteiger partial charge < -0.3 is 5.11 Å². The van der Waals surface area contributed by atoms with Gasteiger partial charge in [-0.15, -0.1) is 0 Å². The molecular weight excluding hydrogens is 184 g/mol. The van der Waals surface area contributed by atoms with E-state index in [0.29, 0.717) is 0 Å². The molecule has 0 spiro atoms. The summed E-state index contributed by atoms with van der Waals surface area (Å²) in [6.07, 6.45) is 1.24. The monoisotopic (exact) mass is 196 g/mol. The van der Waals surface area contributed by atoms with Gasteiger partial charge in [-0.05, 0) is 11.8 Å². The van der Waals surface area contributed by atoms with E-state index < -0.39 is 6.10 Å². The van der Waals surface area contributed by atoms with Crippen molar-refractivity contribution in [3.8, 4) is 0 Å². The topological polar surface area (TPSA) is 37.3 Å². The normalized spacial score (nSPS) is 12.5. The van der Waals surface area contributed by atoms with E-state index in [-0.39, 0.29) is 11.5 Å². The van der Waals surface area contributed by atoms with E-state index in [1.54, 1.807) is 6.26 Å². The summed E-state index contributed by atoms with van der Waals surface area (Å²) in [5.74, 6) is 0. The molecule has 2 nitrogen and oxygen atoms in total. The van der Waals surface area contributed by atoms with Crippen molar-refractivity contribution in [3.05, 3.63) is 35.9 Å². The van der Waals surface area contributed by atoms with Crippen LogP contribution in [-0.2, 0) is 4.79 Å². The van der Waals surface area contributed by atoms with Crippen LogP contribution in [-0.4, -0.2) is 16.5 Å². The second kappa shape index (κ2) is 5.04. The molecular formula is C10H12O2S. The molecule has 0 saturated heterocycles. The first-order chi connectivity index (χ1) is 6.24. The molecule has 0 heterocycles. The molecule has 3 heteroatoms. The van der Waals surface area contributed by atoms with Crippen molar-refractivity contribution in [1.29, 1.82) is 0 Å². The Morgan fingerprint density at radius 2 is 2.08 bits per heavy atom. The van der Waals surface area contributed by atoms with Gasteiger partial charge in [-0.25, -0.2) is 0 Å². The molecule has 0 bridgehead atoms. The molecule has 1 aromatic rings. The fraction of sp³-hybridized carbons (Fsp3) is 0.300. The van der Waals surface area contributed by atoms with Crippen molar-refractivity contribution in [1.82, 2.24) is 0 Å². The molecule has 0 saturated carbocycles. The summed E-state index contributed by atoms with van der Waals surface area (Å²) in [7, 11) is 0. The van der Waals surface area contributed by atoms with E-state index in [4.69, 9.17) is 0 Å². The number of thioether (sulfide) groups is 1. The summed E-state index contributed by atoms with van der Waals surface area (Å²) in [6.45, 7) is 0. The van der Waals surface area contributed by atoms with Gasteiger partial charge in [-0.3, -0.25) is 4.79 Å². The number of carbonyl (C=O) groups excluding carboxylic acids is 1. The second-order valence-corrected chi connectivity index (χ2v) is 3.57. The van der Waals surface area contributed by atoms with Crippen LogP contribution >= 0.6 is 11.8 Å². The third kappa shape index (κ3) is 3.20. The predicted octanol–water partition coefficient (Wildman–Crippen LogP) is 2.00. The van der Waals surface area contributed by atoms with Crippen LogP contribution in [0.4, 0.5) is 0 Å². The maximum atomic E-state index is 11.0. The number of aliphatic hydroxyl groups excluding tert-OH is 1. The zero-order chi connectivity index (χ0) is 9.68. The Morgan fingerprint density at radius 3 is 2.62 bits per heavy atom. The molecule has 1 rings (SSSR count). The lowest BCUT2D eigenvalue weighted by molar-refractivity contribution is -0.112. The molecule has 70 valence electrons. The van der Waals surface area contributed by atoms with Crippen LogP contribution in [0.3, 0.4) is 0 Å². The third-order valence-electron chi connectivity index (χ3n) is 1.77. The van der Waals surface area contributed by atoms with Gasteiger partial charge >= 0.3 is 0 Å². The van der Waals surface area contributed by atoms with Crippen LogP contribution in [0, 0.1) is 0 Å². The quantitative estimate of drug-likeness (QED) is 0.803. The highest BCUT2D eigenvalue weighted by atomic mass is 32.2. The predicted molar refractivity (Wildman–Crippen MR) is 54.5 cm³/mol. The van der Waals surface area contributed by atoms with Gasteiger partial charge in [-0.2, -0.15) is 0 Å². The van der Waals surface area contributed by atoms with Gasteiger partial charge in [0.25, 0.3) is 0 Å². The smallest absolute Gasteiger partial charge is 0.191 e. The molecule has 0 fully saturated rings. The molecule has 1 aromatic carbocycles. The van der Waals surface area contributed by atoms with E-state index in [1.165, 1.54) is 0 Å². The maximum absolute atomic E-state index is 11.0. The standard InChI is InChI=1S/C10H12O2S/c1-13-10(12)7-9(11)8-5-3-2-4-6-8/h2-6,9,11H,7H2,1H3. The molecule has 1 unspecified atom stereocenters. The van der Waals surface area contributed by atoms with Crippen LogP contribution in [0.1, 0.15) is 18.1 Å². The van der Waals surface area contributed by atoms with Crippen molar-refractivity contribution < 1.29 is 9.90 Å². The molecule has 0 radical (unpaired) electrons. The molecule has 0 aliphatic carbocycles. The minimum absolute atomic E-state index is 0.0105. The average Bonchev–Trinajstić information content (AvgIpc) is 2.19. The first-order valence-corrected chi connectivity index (χ1v) is 5.26. The minimum Gasteiger partial charge on any atom is -0.388 e. The fourth-order valence-corrected chi connectivity index (χ4v) is 1.36. The summed E-state index contributed by atoms with van der Waals surface area (Å²) >= 11 is 1.15. The van der Waals surface area contributed by atoms with Crippen LogP contribution < -0.4 is 0 Å². The number of hydrogen-bond donors (Lipinski definition) is 1. The number of benzene rings is 1. The molecule has 0 aromatic heterocycles. The van der Waals surface area contributed by atoms with Gasteiger partial charge in [-0.1, -0.05) is 42.1 Å². The lowest BCUT2D eigenvalue weighted by Crippen LogP contribution is -2.02. The highest BCUT2D eigenvalue weighted by Crippen LogP contribution is 2.18. The molecule has 1 N–H and O–H groups in total. The van der Waals surface area contributed by atoms with E-state index in [1.807, 2.05) is 30.3 Å². The second-order valence-electron chi connectivity index (χ2n) is 2.71.